The Balaban J connectivity index is 0.000000474. The standard InChI is InChI=1S/C10H9NO.C10H11NO.C7H13N.C2H6/c11-9-5-6-10(12)8-4-2-1-3-7(8)9;1-7(11)9-5-3-4-6-10(9)8(2)12;1-3-4-5-6-7(2)8;1-2/h1-6,12H,11H2;3-6,12H,1-2,11H2;4-6H,3,8H2,1-2H3;1-2H3/b;;5-4-,7-6-;. The van der Waals surface area contributed by atoms with Crippen molar-refractivity contribution < 1.29 is 10.2 Å². The monoisotopic (exact) mass is 461 g/mol. The maximum atomic E-state index is 9.44. The summed E-state index contributed by atoms with van der Waals surface area (Å²) >= 11 is 0. The number of allylic oxidation sites excluding steroid dienone is 4. The van der Waals surface area contributed by atoms with Crippen LogP contribution in [0.2, 0.25) is 0 Å². The molecule has 8 N–H and O–H groups in total. The molecule has 3 aromatic rings. The summed E-state index contributed by atoms with van der Waals surface area (Å²) in [4.78, 5) is 0. The highest BCUT2D eigenvalue weighted by Gasteiger charge is 2.04. The van der Waals surface area contributed by atoms with Gasteiger partial charge >= 0.3 is 0 Å². The molecule has 3 aromatic carbocycles. The maximum Gasteiger partial charge on any atom is 0.123 e. The number of hydrogen-bond donors (Lipinski definition) is 5. The number of phenolic OH excluding ortho intramolecular Hbond substituents is 1. The number of phenols is 1. The van der Waals surface area contributed by atoms with E-state index in [0.29, 0.717) is 16.9 Å². The second-order valence-corrected chi connectivity index (χ2v) is 6.98. The van der Waals surface area contributed by atoms with Gasteiger partial charge in [-0.2, -0.15) is 0 Å². The first-order valence-electron chi connectivity index (χ1n) is 11.2. The van der Waals surface area contributed by atoms with Gasteiger partial charge in [0.1, 0.15) is 11.5 Å². The second-order valence-electron chi connectivity index (χ2n) is 6.98. The molecule has 0 amide bonds. The Kier molecular flexibility index (Phi) is 14.5. The molecule has 34 heavy (non-hydrogen) atoms. The molecule has 0 aliphatic carbocycles. The van der Waals surface area contributed by atoms with Crippen molar-refractivity contribution in [3.05, 3.63) is 109 Å². The molecular formula is C29H39N3O2. The highest BCUT2D eigenvalue weighted by Crippen LogP contribution is 2.28. The number of aromatic hydroxyl groups is 1. The Hall–Kier alpha value is -4.12. The van der Waals surface area contributed by atoms with Gasteiger partial charge in [-0.05, 0) is 31.6 Å². The van der Waals surface area contributed by atoms with E-state index in [-0.39, 0.29) is 11.5 Å². The molecule has 0 heterocycles. The Morgan fingerprint density at radius 1 is 0.882 bits per heavy atom. The van der Waals surface area contributed by atoms with Crippen LogP contribution in [0.1, 0.15) is 45.2 Å². The van der Waals surface area contributed by atoms with Gasteiger partial charge in [-0.25, -0.2) is 0 Å². The third kappa shape index (κ3) is 10.5. The molecule has 5 heteroatoms. The number of fused-ring (bicyclic) bond motifs is 1. The van der Waals surface area contributed by atoms with E-state index in [2.05, 4.69) is 26.2 Å². The molecule has 0 aromatic heterocycles. The summed E-state index contributed by atoms with van der Waals surface area (Å²) in [5.74, 6) is 0.289. The fourth-order valence-corrected chi connectivity index (χ4v) is 2.68. The van der Waals surface area contributed by atoms with Crippen molar-refractivity contribution in [3.63, 3.8) is 0 Å². The van der Waals surface area contributed by atoms with Gasteiger partial charge in [0.25, 0.3) is 0 Å². The Bertz CT molecular complexity index is 1040. The lowest BCUT2D eigenvalue weighted by atomic mass is 10.0. The molecule has 0 unspecified atom stereocenters. The number of rotatable bonds is 4. The van der Waals surface area contributed by atoms with Crippen molar-refractivity contribution in [2.75, 3.05) is 5.73 Å². The van der Waals surface area contributed by atoms with Crippen LogP contribution in [-0.4, -0.2) is 10.2 Å². The lowest BCUT2D eigenvalue weighted by Crippen LogP contribution is -1.98. The molecule has 0 saturated heterocycles. The van der Waals surface area contributed by atoms with Gasteiger partial charge in [0.2, 0.25) is 0 Å². The number of aliphatic hydroxyl groups is 1. The largest absolute Gasteiger partial charge is 0.508 e. The lowest BCUT2D eigenvalue weighted by Gasteiger charge is -2.06. The van der Waals surface area contributed by atoms with E-state index in [1.165, 1.54) is 0 Å². The second kappa shape index (κ2) is 16.5. The zero-order chi connectivity index (χ0) is 26.1. The highest BCUT2D eigenvalue weighted by atomic mass is 16.3. The van der Waals surface area contributed by atoms with Gasteiger partial charge in [-0.15, -0.1) is 0 Å². The predicted molar refractivity (Wildman–Crippen MR) is 150 cm³/mol. The summed E-state index contributed by atoms with van der Waals surface area (Å²) in [6.07, 6.45) is 7.00. The van der Waals surface area contributed by atoms with E-state index < -0.39 is 0 Å². The van der Waals surface area contributed by atoms with Crippen molar-refractivity contribution in [2.45, 2.75) is 34.1 Å². The summed E-state index contributed by atoms with van der Waals surface area (Å²) < 4.78 is 0. The summed E-state index contributed by atoms with van der Waals surface area (Å²) in [5.41, 5.74) is 19.9. The normalized spacial score (nSPS) is 10.2. The predicted octanol–water partition coefficient (Wildman–Crippen LogP) is 7.11. The SMILES string of the molecule is C=C(N)c1ccccc1C(=C)O.CC.CC/C=C\C=C(\C)N.Nc1ccc(O)c2ccccc12. The van der Waals surface area contributed by atoms with Crippen molar-refractivity contribution in [3.8, 4) is 5.75 Å². The van der Waals surface area contributed by atoms with Gasteiger partial charge in [0.15, 0.2) is 0 Å². The topological polar surface area (TPSA) is 119 Å². The summed E-state index contributed by atoms with van der Waals surface area (Å²) in [5, 5.41) is 20.3. The van der Waals surface area contributed by atoms with Crippen LogP contribution in [0, 0.1) is 0 Å². The molecule has 0 spiro atoms. The zero-order valence-electron chi connectivity index (χ0n) is 20.8. The summed E-state index contributed by atoms with van der Waals surface area (Å²) in [7, 11) is 0. The minimum Gasteiger partial charge on any atom is -0.508 e. The van der Waals surface area contributed by atoms with Crippen LogP contribution in [0.4, 0.5) is 5.69 Å². The number of anilines is 1. The first-order valence-corrected chi connectivity index (χ1v) is 11.2. The quantitative estimate of drug-likeness (QED) is 0.123. The van der Waals surface area contributed by atoms with Crippen LogP contribution in [-0.2, 0) is 0 Å². The zero-order valence-corrected chi connectivity index (χ0v) is 20.8. The van der Waals surface area contributed by atoms with Gasteiger partial charge < -0.3 is 27.4 Å². The number of aliphatic hydroxyl groups excluding tert-OH is 1. The first-order chi connectivity index (χ1) is 16.2. The van der Waals surface area contributed by atoms with Crippen molar-refractivity contribution >= 4 is 27.9 Å². The molecule has 5 nitrogen and oxygen atoms in total. The average Bonchev–Trinajstić information content (AvgIpc) is 2.84. The molecular weight excluding hydrogens is 422 g/mol. The third-order valence-corrected chi connectivity index (χ3v) is 4.25. The molecule has 0 fully saturated rings. The van der Waals surface area contributed by atoms with Crippen LogP contribution in [0.5, 0.6) is 5.75 Å². The summed E-state index contributed by atoms with van der Waals surface area (Å²) in [6, 6.07) is 18.0. The van der Waals surface area contributed by atoms with Gasteiger partial charge in [0.05, 0.1) is 0 Å². The third-order valence-electron chi connectivity index (χ3n) is 4.25. The summed E-state index contributed by atoms with van der Waals surface area (Å²) in [6.45, 7) is 15.0. The Morgan fingerprint density at radius 3 is 1.85 bits per heavy atom. The van der Waals surface area contributed by atoms with Crippen LogP contribution in [0.3, 0.4) is 0 Å². The number of benzene rings is 3. The van der Waals surface area contributed by atoms with E-state index in [9.17, 15) is 5.11 Å². The van der Waals surface area contributed by atoms with E-state index in [1.807, 2.05) is 69.3 Å². The average molecular weight is 462 g/mol. The molecule has 3 rings (SSSR count). The van der Waals surface area contributed by atoms with E-state index >= 15 is 0 Å². The smallest absolute Gasteiger partial charge is 0.123 e. The van der Waals surface area contributed by atoms with Crippen molar-refractivity contribution in [1.82, 2.24) is 0 Å². The van der Waals surface area contributed by atoms with E-state index in [4.69, 9.17) is 22.3 Å². The van der Waals surface area contributed by atoms with E-state index in [0.717, 1.165) is 28.5 Å². The van der Waals surface area contributed by atoms with E-state index in [1.54, 1.807) is 24.3 Å². The number of nitrogen functional groups attached to an aromatic ring is 1. The fourth-order valence-electron chi connectivity index (χ4n) is 2.68. The lowest BCUT2D eigenvalue weighted by molar-refractivity contribution is 0.481. The molecule has 0 atom stereocenters. The maximum absolute atomic E-state index is 9.44. The minimum atomic E-state index is 0.0113. The van der Waals surface area contributed by atoms with Crippen molar-refractivity contribution in [1.29, 1.82) is 0 Å². The Labute approximate surface area is 204 Å². The number of nitrogens with two attached hydrogens (primary N) is 3. The van der Waals surface area contributed by atoms with Crippen LogP contribution < -0.4 is 17.2 Å². The molecule has 0 bridgehead atoms. The van der Waals surface area contributed by atoms with Crippen molar-refractivity contribution in [2.24, 2.45) is 11.5 Å². The fraction of sp³-hybridized carbons (Fsp3) is 0.172. The van der Waals surface area contributed by atoms with Crippen LogP contribution in [0.25, 0.3) is 22.2 Å². The molecule has 0 radical (unpaired) electrons. The van der Waals surface area contributed by atoms with Crippen LogP contribution >= 0.6 is 0 Å². The van der Waals surface area contributed by atoms with Gasteiger partial charge in [-0.1, -0.05) is 94.6 Å². The number of hydrogen-bond acceptors (Lipinski definition) is 5. The molecule has 0 saturated carbocycles. The van der Waals surface area contributed by atoms with Crippen LogP contribution in [0.15, 0.2) is 97.7 Å². The molecule has 182 valence electrons. The Morgan fingerprint density at radius 2 is 1.41 bits per heavy atom. The highest BCUT2D eigenvalue weighted by molar-refractivity contribution is 5.96. The minimum absolute atomic E-state index is 0.0113. The first kappa shape index (κ1) is 29.9. The molecule has 0 aliphatic rings. The molecule has 0 aliphatic heterocycles. The van der Waals surface area contributed by atoms with Gasteiger partial charge in [0, 0.05) is 39.0 Å². The van der Waals surface area contributed by atoms with Gasteiger partial charge in [-0.3, -0.25) is 0 Å².